The molecule has 7 nitrogen and oxygen atoms in total. The highest BCUT2D eigenvalue weighted by atomic mass is 15.4. The lowest BCUT2D eigenvalue weighted by atomic mass is 10.0. The standard InChI is InChI=1S/C22H39N7/c1-19-11-4-9-13-27(19)18-10-12-23-20-24-21(28-14-5-2-6-15-28)26-22(25-20)29-16-7-3-8-17-29/h19H,2-18H2,1H3,(H,23,24,25,26). The van der Waals surface area contributed by atoms with Crippen LogP contribution in [-0.4, -0.2) is 71.7 Å². The van der Waals surface area contributed by atoms with E-state index in [0.717, 1.165) is 69.6 Å². The van der Waals surface area contributed by atoms with E-state index in [2.05, 4.69) is 26.9 Å². The molecule has 3 fully saturated rings. The number of aromatic nitrogens is 3. The Morgan fingerprint density at radius 1 is 0.759 bits per heavy atom. The summed E-state index contributed by atoms with van der Waals surface area (Å²) in [5, 5.41) is 3.52. The van der Waals surface area contributed by atoms with Crippen LogP contribution in [0.5, 0.6) is 0 Å². The van der Waals surface area contributed by atoms with E-state index >= 15 is 0 Å². The van der Waals surface area contributed by atoms with Crippen molar-refractivity contribution in [3.63, 3.8) is 0 Å². The lowest BCUT2D eigenvalue weighted by Gasteiger charge is -2.33. The molecule has 3 saturated heterocycles. The van der Waals surface area contributed by atoms with E-state index in [1.165, 1.54) is 64.3 Å². The van der Waals surface area contributed by atoms with E-state index in [1.807, 2.05) is 0 Å². The maximum Gasteiger partial charge on any atom is 0.231 e. The second-order valence-corrected chi connectivity index (χ2v) is 9.02. The second-order valence-electron chi connectivity index (χ2n) is 9.02. The van der Waals surface area contributed by atoms with Crippen LogP contribution in [0.2, 0.25) is 0 Å². The quantitative estimate of drug-likeness (QED) is 0.701. The van der Waals surface area contributed by atoms with Gasteiger partial charge in [-0.25, -0.2) is 0 Å². The molecule has 1 N–H and O–H groups in total. The zero-order valence-corrected chi connectivity index (χ0v) is 18.3. The third kappa shape index (κ3) is 5.71. The van der Waals surface area contributed by atoms with E-state index in [9.17, 15) is 0 Å². The van der Waals surface area contributed by atoms with Crippen molar-refractivity contribution in [1.29, 1.82) is 0 Å². The highest BCUT2D eigenvalue weighted by Gasteiger charge is 2.21. The van der Waals surface area contributed by atoms with Gasteiger partial charge in [0.2, 0.25) is 17.8 Å². The first-order valence-corrected chi connectivity index (χ1v) is 12.0. The number of piperidine rings is 3. The fraction of sp³-hybridized carbons (Fsp3) is 0.864. The third-order valence-electron chi connectivity index (χ3n) is 6.74. The lowest BCUT2D eigenvalue weighted by molar-refractivity contribution is 0.160. The molecule has 1 atom stereocenters. The first-order valence-electron chi connectivity index (χ1n) is 12.0. The van der Waals surface area contributed by atoms with Crippen LogP contribution < -0.4 is 15.1 Å². The minimum absolute atomic E-state index is 0.734. The number of hydrogen-bond donors (Lipinski definition) is 1. The predicted octanol–water partition coefficient (Wildman–Crippen LogP) is 3.53. The van der Waals surface area contributed by atoms with Crippen molar-refractivity contribution in [2.24, 2.45) is 0 Å². The Hall–Kier alpha value is -1.63. The van der Waals surface area contributed by atoms with Crippen LogP contribution >= 0.6 is 0 Å². The van der Waals surface area contributed by atoms with Crippen LogP contribution in [0.1, 0.15) is 71.1 Å². The first kappa shape index (κ1) is 20.6. The maximum absolute atomic E-state index is 4.87. The van der Waals surface area contributed by atoms with Crippen LogP contribution in [0.25, 0.3) is 0 Å². The van der Waals surface area contributed by atoms with Gasteiger partial charge in [-0.1, -0.05) is 6.42 Å². The van der Waals surface area contributed by atoms with Crippen molar-refractivity contribution in [2.45, 2.75) is 77.2 Å². The summed E-state index contributed by atoms with van der Waals surface area (Å²) in [6.45, 7) is 9.97. The molecule has 0 aromatic carbocycles. The number of likely N-dealkylation sites (tertiary alicyclic amines) is 1. The number of anilines is 3. The first-order chi connectivity index (χ1) is 14.3. The number of rotatable bonds is 7. The van der Waals surface area contributed by atoms with E-state index < -0.39 is 0 Å². The van der Waals surface area contributed by atoms with Crippen LogP contribution in [0.4, 0.5) is 17.8 Å². The molecule has 3 aliphatic heterocycles. The highest BCUT2D eigenvalue weighted by Crippen LogP contribution is 2.22. The van der Waals surface area contributed by atoms with Gasteiger partial charge in [0.25, 0.3) is 0 Å². The molecular weight excluding hydrogens is 362 g/mol. The molecule has 1 aromatic heterocycles. The molecular formula is C22H39N7. The van der Waals surface area contributed by atoms with Crippen molar-refractivity contribution in [3.8, 4) is 0 Å². The van der Waals surface area contributed by atoms with Crippen molar-refractivity contribution in [2.75, 3.05) is 60.9 Å². The topological polar surface area (TPSA) is 60.4 Å². The molecule has 0 bridgehead atoms. The zero-order chi connectivity index (χ0) is 19.9. The van der Waals surface area contributed by atoms with E-state index in [-0.39, 0.29) is 0 Å². The Morgan fingerprint density at radius 2 is 1.34 bits per heavy atom. The maximum atomic E-state index is 4.87. The van der Waals surface area contributed by atoms with Gasteiger partial charge in [0.1, 0.15) is 0 Å². The Morgan fingerprint density at radius 3 is 1.93 bits per heavy atom. The lowest BCUT2D eigenvalue weighted by Crippen LogP contribution is -2.38. The molecule has 162 valence electrons. The van der Waals surface area contributed by atoms with Crippen molar-refractivity contribution in [3.05, 3.63) is 0 Å². The largest absolute Gasteiger partial charge is 0.354 e. The number of nitrogens with zero attached hydrogens (tertiary/aromatic N) is 6. The number of nitrogens with one attached hydrogen (secondary N) is 1. The molecule has 0 saturated carbocycles. The molecule has 3 aliphatic rings. The van der Waals surface area contributed by atoms with Gasteiger partial charge in [0.05, 0.1) is 0 Å². The molecule has 0 aliphatic carbocycles. The molecule has 4 heterocycles. The molecule has 1 aromatic rings. The van der Waals surface area contributed by atoms with Crippen LogP contribution in [0.15, 0.2) is 0 Å². The summed E-state index contributed by atoms with van der Waals surface area (Å²) in [5.41, 5.74) is 0. The van der Waals surface area contributed by atoms with E-state index in [0.29, 0.717) is 0 Å². The highest BCUT2D eigenvalue weighted by molar-refractivity contribution is 5.45. The van der Waals surface area contributed by atoms with Gasteiger partial charge in [0.15, 0.2) is 0 Å². The summed E-state index contributed by atoms with van der Waals surface area (Å²) in [5.74, 6) is 2.49. The van der Waals surface area contributed by atoms with Gasteiger partial charge in [-0.05, 0) is 71.3 Å². The van der Waals surface area contributed by atoms with Gasteiger partial charge in [-0.2, -0.15) is 15.0 Å². The Bertz CT molecular complexity index is 589. The molecule has 0 radical (unpaired) electrons. The predicted molar refractivity (Wildman–Crippen MR) is 120 cm³/mol. The summed E-state index contributed by atoms with van der Waals surface area (Å²) in [6, 6.07) is 0.734. The van der Waals surface area contributed by atoms with Crippen molar-refractivity contribution >= 4 is 17.8 Å². The Balaban J connectivity index is 1.38. The van der Waals surface area contributed by atoms with Crippen molar-refractivity contribution < 1.29 is 0 Å². The van der Waals surface area contributed by atoms with Crippen LogP contribution in [-0.2, 0) is 0 Å². The summed E-state index contributed by atoms with van der Waals surface area (Å²) in [4.78, 5) is 21.8. The molecule has 29 heavy (non-hydrogen) atoms. The fourth-order valence-corrected chi connectivity index (χ4v) is 4.88. The monoisotopic (exact) mass is 401 g/mol. The fourth-order valence-electron chi connectivity index (χ4n) is 4.88. The molecule has 4 rings (SSSR count). The minimum Gasteiger partial charge on any atom is -0.354 e. The van der Waals surface area contributed by atoms with Crippen LogP contribution in [0, 0.1) is 0 Å². The normalized spacial score (nSPS) is 24.0. The number of hydrogen-bond acceptors (Lipinski definition) is 7. The third-order valence-corrected chi connectivity index (χ3v) is 6.74. The minimum atomic E-state index is 0.734. The summed E-state index contributed by atoms with van der Waals surface area (Å²) in [7, 11) is 0. The van der Waals surface area contributed by atoms with Gasteiger partial charge in [-0.3, -0.25) is 0 Å². The Labute approximate surface area is 176 Å². The van der Waals surface area contributed by atoms with Gasteiger partial charge in [0, 0.05) is 45.3 Å². The van der Waals surface area contributed by atoms with E-state index in [1.54, 1.807) is 0 Å². The average molecular weight is 402 g/mol. The van der Waals surface area contributed by atoms with Gasteiger partial charge < -0.3 is 20.0 Å². The molecule has 7 heteroatoms. The molecule has 1 unspecified atom stereocenters. The summed E-state index contributed by atoms with van der Waals surface area (Å²) >= 11 is 0. The summed E-state index contributed by atoms with van der Waals surface area (Å²) in [6.07, 6.45) is 12.8. The van der Waals surface area contributed by atoms with Crippen molar-refractivity contribution in [1.82, 2.24) is 19.9 Å². The SMILES string of the molecule is CC1CCCCN1CCCNc1nc(N2CCCCC2)nc(N2CCCCC2)n1. The zero-order valence-electron chi connectivity index (χ0n) is 18.3. The van der Waals surface area contributed by atoms with Gasteiger partial charge in [-0.15, -0.1) is 0 Å². The van der Waals surface area contributed by atoms with Crippen LogP contribution in [0.3, 0.4) is 0 Å². The molecule has 0 spiro atoms. The van der Waals surface area contributed by atoms with Gasteiger partial charge >= 0.3 is 0 Å². The Kier molecular flexibility index (Phi) is 7.41. The second kappa shape index (κ2) is 10.4. The smallest absolute Gasteiger partial charge is 0.231 e. The average Bonchev–Trinajstić information content (AvgIpc) is 2.79. The summed E-state index contributed by atoms with van der Waals surface area (Å²) < 4.78 is 0. The molecule has 0 amide bonds. The van der Waals surface area contributed by atoms with E-state index in [4.69, 9.17) is 15.0 Å².